The molecule has 0 amide bonds. The molecule has 0 spiro atoms. The zero-order valence-corrected chi connectivity index (χ0v) is 24.3. The summed E-state index contributed by atoms with van der Waals surface area (Å²) < 4.78 is 7.64. The van der Waals surface area contributed by atoms with Gasteiger partial charge in [0.05, 0.1) is 11.1 Å². The summed E-state index contributed by atoms with van der Waals surface area (Å²) in [6.45, 7) is 15.2. The number of rotatable bonds is 8. The first kappa shape index (κ1) is 28.0. The van der Waals surface area contributed by atoms with Gasteiger partial charge in [-0.05, 0) is 83.7 Å². The number of aryl methyl sites for hydroxylation is 2. The Morgan fingerprint density at radius 2 is 1.85 bits per heavy atom. The number of allylic oxidation sites excluding steroid dienone is 2. The quantitative estimate of drug-likeness (QED) is 0.323. The number of carbonyl (C=O) groups is 1. The van der Waals surface area contributed by atoms with Crippen molar-refractivity contribution in [1.29, 1.82) is 0 Å². The molecule has 40 heavy (non-hydrogen) atoms. The van der Waals surface area contributed by atoms with Crippen LogP contribution in [0.25, 0.3) is 16.6 Å². The minimum atomic E-state index is -0.412. The molecular weight excluding hydrogens is 502 g/mol. The summed E-state index contributed by atoms with van der Waals surface area (Å²) in [5, 5.41) is 5.48. The summed E-state index contributed by atoms with van der Waals surface area (Å²) in [5.41, 5.74) is 11.8. The van der Waals surface area contributed by atoms with Crippen molar-refractivity contribution >= 4 is 28.9 Å². The average molecular weight is 544 g/mol. The molecule has 2 aliphatic heterocycles. The van der Waals surface area contributed by atoms with Gasteiger partial charge in [-0.3, -0.25) is 9.69 Å². The number of piperidine rings is 1. The highest BCUT2D eigenvalue weighted by molar-refractivity contribution is 5.88. The fourth-order valence-electron chi connectivity index (χ4n) is 6.30. The zero-order chi connectivity index (χ0) is 28.4. The molecule has 0 aliphatic carbocycles. The molecule has 1 fully saturated rings. The largest absolute Gasteiger partial charge is 0.430 e. The van der Waals surface area contributed by atoms with E-state index >= 15 is 0 Å². The van der Waals surface area contributed by atoms with Crippen LogP contribution < -0.4 is 5.73 Å². The Hall–Kier alpha value is -3.56. The molecular formula is C31H41N7O2. The van der Waals surface area contributed by atoms with Crippen LogP contribution >= 0.6 is 0 Å². The second kappa shape index (κ2) is 11.9. The van der Waals surface area contributed by atoms with E-state index in [1.165, 1.54) is 24.7 Å². The molecule has 0 saturated carbocycles. The lowest BCUT2D eigenvalue weighted by molar-refractivity contribution is -0.125. The number of anilines is 1. The summed E-state index contributed by atoms with van der Waals surface area (Å²) in [4.78, 5) is 25.8. The van der Waals surface area contributed by atoms with Gasteiger partial charge in [-0.2, -0.15) is 5.10 Å². The predicted molar refractivity (Wildman–Crippen MR) is 158 cm³/mol. The van der Waals surface area contributed by atoms with Crippen LogP contribution in [0.5, 0.6) is 0 Å². The number of ether oxygens (including phenoxy) is 1. The van der Waals surface area contributed by atoms with Crippen molar-refractivity contribution < 1.29 is 9.53 Å². The lowest BCUT2D eigenvalue weighted by atomic mass is 9.87. The molecule has 4 heterocycles. The van der Waals surface area contributed by atoms with E-state index in [0.717, 1.165) is 55.0 Å². The molecule has 9 nitrogen and oxygen atoms in total. The number of fused-ring (bicyclic) bond motifs is 1. The van der Waals surface area contributed by atoms with Crippen LogP contribution in [0.3, 0.4) is 0 Å². The van der Waals surface area contributed by atoms with E-state index in [2.05, 4.69) is 58.7 Å². The first-order chi connectivity index (χ1) is 19.3. The van der Waals surface area contributed by atoms with Gasteiger partial charge in [-0.25, -0.2) is 14.6 Å². The standard InChI is InChI=1S/C31H41N7O2/c1-20(2)36-16-12-25(13-17-36)37-14-10-24(11-15-37)28(26-9-7-6-8-21(26)3)29(40-19-39)23(5)38-31-27(22(4)35-38)30(32)33-18-34-31/h6-10,18-20,23,25H,11-17H2,1-5H3,(H2,32,33,34)/b29-28-. The van der Waals surface area contributed by atoms with E-state index in [1.54, 1.807) is 4.68 Å². The van der Waals surface area contributed by atoms with Gasteiger partial charge < -0.3 is 15.4 Å². The number of hydrogen-bond donors (Lipinski definition) is 1. The van der Waals surface area contributed by atoms with Crippen molar-refractivity contribution in [2.75, 3.05) is 31.9 Å². The number of aromatic nitrogens is 4. The van der Waals surface area contributed by atoms with E-state index in [-0.39, 0.29) is 0 Å². The molecule has 9 heteroatoms. The maximum atomic E-state index is 11.9. The molecule has 1 saturated heterocycles. The average Bonchev–Trinajstić information content (AvgIpc) is 3.31. The first-order valence-electron chi connectivity index (χ1n) is 14.3. The Bertz CT molecular complexity index is 1430. The van der Waals surface area contributed by atoms with Crippen molar-refractivity contribution in [3.8, 4) is 0 Å². The van der Waals surface area contributed by atoms with Crippen LogP contribution in [0.15, 0.2) is 48.0 Å². The lowest BCUT2D eigenvalue weighted by Gasteiger charge is -2.41. The Balaban J connectivity index is 1.54. The van der Waals surface area contributed by atoms with E-state index < -0.39 is 6.04 Å². The molecule has 1 aromatic carbocycles. The fourth-order valence-corrected chi connectivity index (χ4v) is 6.30. The molecule has 0 bridgehead atoms. The molecule has 212 valence electrons. The molecule has 3 aromatic rings. The monoisotopic (exact) mass is 543 g/mol. The highest BCUT2D eigenvalue weighted by Crippen LogP contribution is 2.38. The number of likely N-dealkylation sites (tertiary alicyclic amines) is 1. The SMILES string of the molecule is Cc1ccccc1/C(C1=CCN(C2CCN(C(C)C)CC2)CC1)=C(\OC=O)C(C)n1nc(C)c2c(N)ncnc21. The van der Waals surface area contributed by atoms with Crippen LogP contribution in [0.2, 0.25) is 0 Å². The Kier molecular flexibility index (Phi) is 8.32. The molecule has 5 rings (SSSR count). The van der Waals surface area contributed by atoms with Crippen LogP contribution in [-0.4, -0.2) is 74.3 Å². The molecule has 1 unspecified atom stereocenters. The highest BCUT2D eigenvalue weighted by Gasteiger charge is 2.30. The van der Waals surface area contributed by atoms with Gasteiger partial charge in [0.15, 0.2) is 5.65 Å². The lowest BCUT2D eigenvalue weighted by Crippen LogP contribution is -2.48. The minimum Gasteiger partial charge on any atom is -0.430 e. The maximum Gasteiger partial charge on any atom is 0.298 e. The van der Waals surface area contributed by atoms with Gasteiger partial charge in [-0.1, -0.05) is 30.3 Å². The molecule has 2 N–H and O–H groups in total. The molecule has 0 radical (unpaired) electrons. The number of hydrogen-bond acceptors (Lipinski definition) is 8. The van der Waals surface area contributed by atoms with Crippen LogP contribution in [0.1, 0.15) is 62.9 Å². The van der Waals surface area contributed by atoms with E-state index in [9.17, 15) is 4.79 Å². The predicted octanol–water partition coefficient (Wildman–Crippen LogP) is 4.68. The van der Waals surface area contributed by atoms with Crippen molar-refractivity contribution in [2.45, 2.75) is 72.0 Å². The molecule has 1 atom stereocenters. The fraction of sp³-hybridized carbons (Fsp3) is 0.484. The summed E-state index contributed by atoms with van der Waals surface area (Å²) in [6.07, 6.45) is 7.05. The summed E-state index contributed by atoms with van der Waals surface area (Å²) in [5.74, 6) is 0.937. The van der Waals surface area contributed by atoms with Gasteiger partial charge in [0.25, 0.3) is 6.47 Å². The summed E-state index contributed by atoms with van der Waals surface area (Å²) >= 11 is 0. The maximum absolute atomic E-state index is 11.9. The van der Waals surface area contributed by atoms with Crippen LogP contribution in [-0.2, 0) is 9.53 Å². The Labute approximate surface area is 236 Å². The topological polar surface area (TPSA) is 102 Å². The first-order valence-corrected chi connectivity index (χ1v) is 14.3. The Morgan fingerprint density at radius 1 is 1.10 bits per heavy atom. The molecule has 2 aromatic heterocycles. The van der Waals surface area contributed by atoms with Gasteiger partial charge in [0, 0.05) is 30.7 Å². The summed E-state index contributed by atoms with van der Waals surface area (Å²) in [6, 6.07) is 9.06. The van der Waals surface area contributed by atoms with E-state index in [4.69, 9.17) is 15.6 Å². The van der Waals surface area contributed by atoms with E-state index in [0.29, 0.717) is 41.2 Å². The Morgan fingerprint density at radius 3 is 2.50 bits per heavy atom. The second-order valence-electron chi connectivity index (χ2n) is 11.3. The smallest absolute Gasteiger partial charge is 0.298 e. The van der Waals surface area contributed by atoms with Gasteiger partial charge in [0.1, 0.15) is 23.9 Å². The van der Waals surface area contributed by atoms with Crippen LogP contribution in [0.4, 0.5) is 5.82 Å². The number of nitrogens with zero attached hydrogens (tertiary/aromatic N) is 6. The minimum absolute atomic E-state index is 0.385. The highest BCUT2D eigenvalue weighted by atomic mass is 16.5. The number of nitrogens with two attached hydrogens (primary N) is 1. The van der Waals surface area contributed by atoms with E-state index in [1.807, 2.05) is 26.0 Å². The van der Waals surface area contributed by atoms with Crippen molar-refractivity contribution in [3.63, 3.8) is 0 Å². The van der Waals surface area contributed by atoms with Crippen LogP contribution in [0, 0.1) is 13.8 Å². The second-order valence-corrected chi connectivity index (χ2v) is 11.3. The van der Waals surface area contributed by atoms with Gasteiger partial charge in [-0.15, -0.1) is 0 Å². The third-order valence-corrected chi connectivity index (χ3v) is 8.58. The van der Waals surface area contributed by atoms with Crippen molar-refractivity contribution in [3.05, 3.63) is 64.8 Å². The molecule has 2 aliphatic rings. The zero-order valence-electron chi connectivity index (χ0n) is 24.3. The van der Waals surface area contributed by atoms with Crippen molar-refractivity contribution in [2.24, 2.45) is 0 Å². The number of nitrogen functional groups attached to an aromatic ring is 1. The normalized spacial score (nSPS) is 19.0. The number of benzene rings is 1. The third kappa shape index (κ3) is 5.40. The van der Waals surface area contributed by atoms with Crippen molar-refractivity contribution in [1.82, 2.24) is 29.5 Å². The van der Waals surface area contributed by atoms with Gasteiger partial charge >= 0.3 is 0 Å². The third-order valence-electron chi connectivity index (χ3n) is 8.58. The summed E-state index contributed by atoms with van der Waals surface area (Å²) in [7, 11) is 0. The van der Waals surface area contributed by atoms with Gasteiger partial charge in [0.2, 0.25) is 0 Å². The number of carbonyl (C=O) groups excluding carboxylic acids is 1.